The van der Waals surface area contributed by atoms with Crippen molar-refractivity contribution in [1.29, 1.82) is 0 Å². The van der Waals surface area contributed by atoms with Gasteiger partial charge in [-0.05, 0) is 25.7 Å². The molecule has 2 fully saturated rings. The molecule has 1 aliphatic carbocycles. The first-order valence-electron chi connectivity index (χ1n) is 7.46. The number of rotatable bonds is 4. The number of amides is 2. The quantitative estimate of drug-likeness (QED) is 0.843. The van der Waals surface area contributed by atoms with E-state index in [2.05, 4.69) is 10.3 Å². The molecule has 1 saturated carbocycles. The first-order valence-corrected chi connectivity index (χ1v) is 7.46. The number of carbonyl (C=O) groups is 1. The van der Waals surface area contributed by atoms with Gasteiger partial charge in [0.05, 0.1) is 25.1 Å². The number of carbonyl (C=O) groups excluding carboxylic acids is 1. The Bertz CT molecular complexity index is 434. The molecule has 1 aromatic heterocycles. The van der Waals surface area contributed by atoms with Crippen molar-refractivity contribution in [1.82, 2.24) is 19.8 Å². The molecular weight excluding hydrogens is 256 g/mol. The van der Waals surface area contributed by atoms with Gasteiger partial charge in [0.15, 0.2) is 0 Å². The summed E-state index contributed by atoms with van der Waals surface area (Å²) in [7, 11) is 0. The van der Waals surface area contributed by atoms with Gasteiger partial charge in [-0.15, -0.1) is 0 Å². The van der Waals surface area contributed by atoms with Gasteiger partial charge in [0, 0.05) is 32.0 Å². The predicted molar refractivity (Wildman–Crippen MR) is 74.3 cm³/mol. The molecule has 6 heteroatoms. The van der Waals surface area contributed by atoms with Crippen LogP contribution in [0, 0.1) is 0 Å². The Morgan fingerprint density at radius 3 is 3.25 bits per heavy atom. The van der Waals surface area contributed by atoms with Crippen LogP contribution >= 0.6 is 0 Å². The Morgan fingerprint density at radius 1 is 1.45 bits per heavy atom. The summed E-state index contributed by atoms with van der Waals surface area (Å²) < 4.78 is 7.75. The van der Waals surface area contributed by atoms with Gasteiger partial charge in [-0.25, -0.2) is 9.78 Å². The average Bonchev–Trinajstić information content (AvgIpc) is 3.13. The van der Waals surface area contributed by atoms with Crippen molar-refractivity contribution in [3.8, 4) is 0 Å². The third-order valence-electron chi connectivity index (χ3n) is 4.17. The molecule has 2 aliphatic rings. The molecular formula is C14H22N4O2. The zero-order chi connectivity index (χ0) is 13.8. The lowest BCUT2D eigenvalue weighted by molar-refractivity contribution is -0.0382. The summed E-state index contributed by atoms with van der Waals surface area (Å²) in [5.41, 5.74) is 0. The van der Waals surface area contributed by atoms with Gasteiger partial charge in [0.2, 0.25) is 0 Å². The van der Waals surface area contributed by atoms with E-state index in [4.69, 9.17) is 4.74 Å². The number of morpholine rings is 1. The minimum absolute atomic E-state index is 0.0656. The van der Waals surface area contributed by atoms with Gasteiger partial charge < -0.3 is 19.5 Å². The van der Waals surface area contributed by atoms with E-state index in [9.17, 15) is 4.79 Å². The molecule has 0 spiro atoms. The average molecular weight is 278 g/mol. The van der Waals surface area contributed by atoms with Crippen LogP contribution in [0.15, 0.2) is 18.7 Å². The Hall–Kier alpha value is -1.56. The molecule has 6 nitrogen and oxygen atoms in total. The zero-order valence-electron chi connectivity index (χ0n) is 11.7. The molecule has 2 atom stereocenters. The summed E-state index contributed by atoms with van der Waals surface area (Å²) in [6.07, 6.45) is 10.0. The van der Waals surface area contributed by atoms with Gasteiger partial charge in [0.25, 0.3) is 0 Å². The van der Waals surface area contributed by atoms with Crippen molar-refractivity contribution in [2.45, 2.75) is 44.4 Å². The molecule has 0 aromatic carbocycles. The number of hydrogen-bond acceptors (Lipinski definition) is 3. The number of hydrogen-bond donors (Lipinski definition) is 1. The van der Waals surface area contributed by atoms with Crippen LogP contribution in [-0.2, 0) is 11.3 Å². The van der Waals surface area contributed by atoms with Gasteiger partial charge in [-0.1, -0.05) is 0 Å². The Kier molecular flexibility index (Phi) is 4.20. The van der Waals surface area contributed by atoms with Crippen LogP contribution in [0.5, 0.6) is 0 Å². The molecule has 1 aliphatic heterocycles. The Morgan fingerprint density at radius 2 is 2.40 bits per heavy atom. The fourth-order valence-corrected chi connectivity index (χ4v) is 3.16. The molecule has 2 heterocycles. The SMILES string of the molecule is O=C(NCCCn1ccnc1)N1CCO[C@H]2CCC[C@H]21. The van der Waals surface area contributed by atoms with Gasteiger partial charge in [0.1, 0.15) is 0 Å². The first-order chi connectivity index (χ1) is 9.84. The lowest BCUT2D eigenvalue weighted by atomic mass is 10.1. The number of nitrogens with zero attached hydrogens (tertiary/aromatic N) is 3. The van der Waals surface area contributed by atoms with Crippen LogP contribution in [0.2, 0.25) is 0 Å². The highest BCUT2D eigenvalue weighted by Crippen LogP contribution is 2.29. The molecule has 2 amide bonds. The fraction of sp³-hybridized carbons (Fsp3) is 0.714. The normalized spacial score (nSPS) is 25.5. The highest BCUT2D eigenvalue weighted by atomic mass is 16.5. The first kappa shape index (κ1) is 13.4. The monoisotopic (exact) mass is 278 g/mol. The summed E-state index contributed by atoms with van der Waals surface area (Å²) in [5, 5.41) is 3.03. The molecule has 1 saturated heterocycles. The fourth-order valence-electron chi connectivity index (χ4n) is 3.16. The number of fused-ring (bicyclic) bond motifs is 1. The van der Waals surface area contributed by atoms with E-state index in [1.165, 1.54) is 6.42 Å². The maximum Gasteiger partial charge on any atom is 0.317 e. The van der Waals surface area contributed by atoms with E-state index < -0.39 is 0 Å². The number of aryl methyl sites for hydroxylation is 1. The van der Waals surface area contributed by atoms with Crippen molar-refractivity contribution >= 4 is 6.03 Å². The molecule has 20 heavy (non-hydrogen) atoms. The maximum absolute atomic E-state index is 12.2. The molecule has 0 bridgehead atoms. The minimum atomic E-state index is 0.0656. The highest BCUT2D eigenvalue weighted by molar-refractivity contribution is 5.74. The predicted octanol–water partition coefficient (Wildman–Crippen LogP) is 1.24. The molecule has 0 unspecified atom stereocenters. The Labute approximate surface area is 119 Å². The second-order valence-corrected chi connectivity index (χ2v) is 5.49. The standard InChI is InChI=1S/C14H22N4O2/c19-14(16-5-2-7-17-8-6-15-11-17)18-9-10-20-13-4-1-3-12(13)18/h6,8,11-13H,1-5,7,9-10H2,(H,16,19)/t12-,13+/m1/s1. The number of nitrogens with one attached hydrogen (secondary N) is 1. The summed E-state index contributed by atoms with van der Waals surface area (Å²) in [4.78, 5) is 18.2. The van der Waals surface area contributed by atoms with Crippen LogP contribution in [0.1, 0.15) is 25.7 Å². The second kappa shape index (κ2) is 6.26. The van der Waals surface area contributed by atoms with E-state index in [1.807, 2.05) is 15.7 Å². The van der Waals surface area contributed by atoms with Gasteiger partial charge >= 0.3 is 6.03 Å². The van der Waals surface area contributed by atoms with Crippen molar-refractivity contribution < 1.29 is 9.53 Å². The lowest BCUT2D eigenvalue weighted by Gasteiger charge is -2.37. The molecule has 0 radical (unpaired) electrons. The largest absolute Gasteiger partial charge is 0.374 e. The van der Waals surface area contributed by atoms with E-state index in [0.717, 1.165) is 25.8 Å². The zero-order valence-corrected chi connectivity index (χ0v) is 11.7. The highest BCUT2D eigenvalue weighted by Gasteiger charge is 2.38. The topological polar surface area (TPSA) is 59.4 Å². The number of urea groups is 1. The number of ether oxygens (including phenoxy) is 1. The van der Waals surface area contributed by atoms with Crippen molar-refractivity contribution in [2.75, 3.05) is 19.7 Å². The van der Waals surface area contributed by atoms with E-state index in [-0.39, 0.29) is 18.2 Å². The third-order valence-corrected chi connectivity index (χ3v) is 4.17. The van der Waals surface area contributed by atoms with Crippen molar-refractivity contribution in [3.05, 3.63) is 18.7 Å². The van der Waals surface area contributed by atoms with Crippen LogP contribution in [0.4, 0.5) is 4.79 Å². The summed E-state index contributed by atoms with van der Waals surface area (Å²) in [6, 6.07) is 0.355. The molecule has 3 rings (SSSR count). The summed E-state index contributed by atoms with van der Waals surface area (Å²) >= 11 is 0. The van der Waals surface area contributed by atoms with E-state index in [1.54, 1.807) is 12.5 Å². The summed E-state index contributed by atoms with van der Waals surface area (Å²) in [5.74, 6) is 0. The van der Waals surface area contributed by atoms with Crippen LogP contribution in [0.25, 0.3) is 0 Å². The maximum atomic E-state index is 12.2. The lowest BCUT2D eigenvalue weighted by Crippen LogP contribution is -2.54. The molecule has 1 aromatic rings. The van der Waals surface area contributed by atoms with Crippen LogP contribution in [0.3, 0.4) is 0 Å². The van der Waals surface area contributed by atoms with Gasteiger partial charge in [-0.3, -0.25) is 0 Å². The molecule has 110 valence electrons. The number of aromatic nitrogens is 2. The Balaban J connectivity index is 1.42. The summed E-state index contributed by atoms with van der Waals surface area (Å²) in [6.45, 7) is 2.97. The van der Waals surface area contributed by atoms with E-state index in [0.29, 0.717) is 19.7 Å². The van der Waals surface area contributed by atoms with Gasteiger partial charge in [-0.2, -0.15) is 0 Å². The van der Waals surface area contributed by atoms with Crippen LogP contribution in [-0.4, -0.2) is 52.3 Å². The van der Waals surface area contributed by atoms with Crippen LogP contribution < -0.4 is 5.32 Å². The second-order valence-electron chi connectivity index (χ2n) is 5.49. The van der Waals surface area contributed by atoms with Crippen molar-refractivity contribution in [2.24, 2.45) is 0 Å². The minimum Gasteiger partial charge on any atom is -0.374 e. The molecule has 1 N–H and O–H groups in total. The van der Waals surface area contributed by atoms with E-state index >= 15 is 0 Å². The van der Waals surface area contributed by atoms with Crippen molar-refractivity contribution in [3.63, 3.8) is 0 Å². The smallest absolute Gasteiger partial charge is 0.317 e. The number of imidazole rings is 1. The third kappa shape index (κ3) is 2.95.